The molecular weight excluding hydrogens is 244 g/mol. The lowest BCUT2D eigenvalue weighted by Crippen LogP contribution is -1.88. The Balaban J connectivity index is 2.29. The van der Waals surface area contributed by atoms with Crippen LogP contribution in [0.4, 0.5) is 5.69 Å². The molecule has 18 heavy (non-hydrogen) atoms. The summed E-state index contributed by atoms with van der Waals surface area (Å²) < 4.78 is 0. The highest BCUT2D eigenvalue weighted by Crippen LogP contribution is 2.17. The average molecular weight is 255 g/mol. The van der Waals surface area contributed by atoms with Crippen molar-refractivity contribution in [3.8, 4) is 6.07 Å². The summed E-state index contributed by atoms with van der Waals surface area (Å²) in [6.07, 6.45) is 3.82. The van der Waals surface area contributed by atoms with Gasteiger partial charge in [0.1, 0.15) is 0 Å². The Kier molecular flexibility index (Phi) is 3.66. The van der Waals surface area contributed by atoms with Crippen LogP contribution in [-0.2, 0) is 0 Å². The average Bonchev–Trinajstić information content (AvgIpc) is 2.39. The minimum Gasteiger partial charge on any atom is -0.399 e. The molecule has 2 nitrogen and oxygen atoms in total. The second-order valence-corrected chi connectivity index (χ2v) is 4.28. The molecule has 0 aliphatic carbocycles. The van der Waals surface area contributed by atoms with Gasteiger partial charge in [-0.25, -0.2) is 0 Å². The molecule has 2 N–H and O–H groups in total. The maximum absolute atomic E-state index is 9.02. The molecule has 0 aliphatic rings. The molecule has 2 aromatic rings. The van der Waals surface area contributed by atoms with E-state index in [1.165, 1.54) is 0 Å². The van der Waals surface area contributed by atoms with E-state index in [-0.39, 0.29) is 0 Å². The van der Waals surface area contributed by atoms with Crippen molar-refractivity contribution in [1.29, 1.82) is 5.26 Å². The van der Waals surface area contributed by atoms with Crippen LogP contribution in [-0.4, -0.2) is 0 Å². The quantitative estimate of drug-likeness (QED) is 0.651. The van der Waals surface area contributed by atoms with Crippen molar-refractivity contribution in [2.24, 2.45) is 0 Å². The second kappa shape index (κ2) is 5.39. The van der Waals surface area contributed by atoms with Crippen LogP contribution in [0, 0.1) is 11.3 Å². The third-order valence-electron chi connectivity index (χ3n) is 2.52. The number of nitrogens with zero attached hydrogens (tertiary/aromatic N) is 1. The topological polar surface area (TPSA) is 49.8 Å². The van der Waals surface area contributed by atoms with Gasteiger partial charge < -0.3 is 5.73 Å². The number of benzene rings is 2. The van der Waals surface area contributed by atoms with E-state index in [0.717, 1.165) is 11.1 Å². The predicted octanol–water partition coefficient (Wildman–Crippen LogP) is 3.96. The van der Waals surface area contributed by atoms with E-state index < -0.39 is 0 Å². The first-order valence-electron chi connectivity index (χ1n) is 5.42. The maximum Gasteiger partial charge on any atom is 0.0998 e. The Morgan fingerprint density at radius 2 is 1.78 bits per heavy atom. The molecule has 0 fully saturated rings. The van der Waals surface area contributed by atoms with E-state index in [9.17, 15) is 0 Å². The van der Waals surface area contributed by atoms with Crippen molar-refractivity contribution < 1.29 is 0 Å². The van der Waals surface area contributed by atoms with Crippen molar-refractivity contribution in [1.82, 2.24) is 0 Å². The number of nitriles is 1. The Bertz CT molecular complexity index is 622. The van der Waals surface area contributed by atoms with Crippen LogP contribution in [0.15, 0.2) is 42.5 Å². The first kappa shape index (κ1) is 12.2. The smallest absolute Gasteiger partial charge is 0.0998 e. The molecular formula is C15H11ClN2. The summed E-state index contributed by atoms with van der Waals surface area (Å²) in [5.41, 5.74) is 8.68. The molecule has 0 aliphatic heterocycles. The number of halogens is 1. The molecule has 0 bridgehead atoms. The molecule has 0 aromatic heterocycles. The summed E-state index contributed by atoms with van der Waals surface area (Å²) in [6.45, 7) is 0. The normalized spacial score (nSPS) is 10.4. The van der Waals surface area contributed by atoms with Gasteiger partial charge in [0, 0.05) is 10.7 Å². The number of rotatable bonds is 2. The number of hydrogen-bond donors (Lipinski definition) is 1. The number of nitrogen functional groups attached to an aromatic ring is 1. The zero-order valence-electron chi connectivity index (χ0n) is 9.60. The Labute approximate surface area is 111 Å². The fourth-order valence-electron chi connectivity index (χ4n) is 1.58. The van der Waals surface area contributed by atoms with Gasteiger partial charge in [-0.05, 0) is 35.4 Å². The van der Waals surface area contributed by atoms with Gasteiger partial charge in [0.2, 0.25) is 0 Å². The fourth-order valence-corrected chi connectivity index (χ4v) is 1.70. The van der Waals surface area contributed by atoms with Crippen molar-refractivity contribution >= 4 is 29.4 Å². The number of nitrogens with two attached hydrogens (primary N) is 1. The van der Waals surface area contributed by atoms with Crippen LogP contribution in [0.3, 0.4) is 0 Å². The molecule has 0 amide bonds. The van der Waals surface area contributed by atoms with Gasteiger partial charge in [-0.15, -0.1) is 0 Å². The molecule has 3 heteroatoms. The van der Waals surface area contributed by atoms with Crippen LogP contribution < -0.4 is 5.73 Å². The Morgan fingerprint density at radius 3 is 2.44 bits per heavy atom. The van der Waals surface area contributed by atoms with Crippen LogP contribution in [0.1, 0.15) is 16.7 Å². The summed E-state index contributed by atoms with van der Waals surface area (Å²) >= 11 is 5.81. The maximum atomic E-state index is 9.02. The molecule has 0 saturated heterocycles. The summed E-state index contributed by atoms with van der Waals surface area (Å²) in [5, 5.41) is 9.73. The monoisotopic (exact) mass is 254 g/mol. The summed E-state index contributed by atoms with van der Waals surface area (Å²) in [6, 6.07) is 14.9. The van der Waals surface area contributed by atoms with Crippen LogP contribution >= 0.6 is 11.6 Å². The molecule has 0 unspecified atom stereocenters. The highest BCUT2D eigenvalue weighted by Gasteiger charge is 1.98. The SMILES string of the molecule is N#Cc1cc(N)ccc1C=Cc1ccc(Cl)cc1. The largest absolute Gasteiger partial charge is 0.399 e. The standard InChI is InChI=1S/C15H11ClN2/c16-14-6-2-11(3-7-14)1-4-12-5-8-15(18)9-13(12)10-17/h1-9H,18H2. The molecule has 2 rings (SSSR count). The molecule has 0 saturated carbocycles. The molecule has 0 spiro atoms. The van der Waals surface area contributed by atoms with E-state index >= 15 is 0 Å². The summed E-state index contributed by atoms with van der Waals surface area (Å²) in [7, 11) is 0. The van der Waals surface area contributed by atoms with Crippen molar-refractivity contribution in [2.45, 2.75) is 0 Å². The lowest BCUT2D eigenvalue weighted by atomic mass is 10.1. The summed E-state index contributed by atoms with van der Waals surface area (Å²) in [4.78, 5) is 0. The van der Waals surface area contributed by atoms with Crippen LogP contribution in [0.25, 0.3) is 12.2 Å². The zero-order chi connectivity index (χ0) is 13.0. The Hall–Kier alpha value is -2.24. The van der Waals surface area contributed by atoms with Crippen LogP contribution in [0.5, 0.6) is 0 Å². The van der Waals surface area contributed by atoms with E-state index in [0.29, 0.717) is 16.3 Å². The molecule has 88 valence electrons. The van der Waals surface area contributed by atoms with Gasteiger partial charge in [-0.3, -0.25) is 0 Å². The molecule has 0 radical (unpaired) electrons. The summed E-state index contributed by atoms with van der Waals surface area (Å²) in [5.74, 6) is 0. The number of anilines is 1. The van der Waals surface area contributed by atoms with Gasteiger partial charge in [-0.2, -0.15) is 5.26 Å². The van der Waals surface area contributed by atoms with E-state index in [1.54, 1.807) is 12.1 Å². The Morgan fingerprint density at radius 1 is 1.06 bits per heavy atom. The molecule has 2 aromatic carbocycles. The van der Waals surface area contributed by atoms with Gasteiger partial charge in [0.15, 0.2) is 0 Å². The minimum atomic E-state index is 0.570. The van der Waals surface area contributed by atoms with Gasteiger partial charge >= 0.3 is 0 Å². The highest BCUT2D eigenvalue weighted by molar-refractivity contribution is 6.30. The van der Waals surface area contributed by atoms with Gasteiger partial charge in [0.05, 0.1) is 11.6 Å². The van der Waals surface area contributed by atoms with Crippen LogP contribution in [0.2, 0.25) is 5.02 Å². The minimum absolute atomic E-state index is 0.570. The molecule has 0 atom stereocenters. The zero-order valence-corrected chi connectivity index (χ0v) is 10.4. The van der Waals surface area contributed by atoms with E-state index in [2.05, 4.69) is 6.07 Å². The molecule has 0 heterocycles. The predicted molar refractivity (Wildman–Crippen MR) is 75.9 cm³/mol. The van der Waals surface area contributed by atoms with Gasteiger partial charge in [0.25, 0.3) is 0 Å². The van der Waals surface area contributed by atoms with E-state index in [1.807, 2.05) is 42.5 Å². The van der Waals surface area contributed by atoms with Crippen molar-refractivity contribution in [3.05, 3.63) is 64.2 Å². The van der Waals surface area contributed by atoms with Crippen molar-refractivity contribution in [2.75, 3.05) is 5.73 Å². The third kappa shape index (κ3) is 2.91. The third-order valence-corrected chi connectivity index (χ3v) is 2.78. The fraction of sp³-hybridized carbons (Fsp3) is 0. The lowest BCUT2D eigenvalue weighted by molar-refractivity contribution is 1.47. The first-order valence-corrected chi connectivity index (χ1v) is 5.80. The first-order chi connectivity index (χ1) is 8.69. The van der Waals surface area contributed by atoms with E-state index in [4.69, 9.17) is 22.6 Å². The number of hydrogen-bond acceptors (Lipinski definition) is 2. The highest BCUT2D eigenvalue weighted by atomic mass is 35.5. The second-order valence-electron chi connectivity index (χ2n) is 3.84. The lowest BCUT2D eigenvalue weighted by Gasteiger charge is -1.99. The van der Waals surface area contributed by atoms with Crippen molar-refractivity contribution in [3.63, 3.8) is 0 Å². The van der Waals surface area contributed by atoms with Gasteiger partial charge in [-0.1, -0.05) is 42.0 Å².